The standard InChI is InChI=1S/C14H18BrFN2S/c1-3-9(4-2)13-8-17-14(19-13)18-12-7-10(16)5-6-11(12)15/h5-7,9,13H,3-4,8H2,1-2H3,(H,17,18). The summed E-state index contributed by atoms with van der Waals surface area (Å²) in [6.07, 6.45) is 2.36. The van der Waals surface area contributed by atoms with E-state index in [0.29, 0.717) is 11.2 Å². The molecule has 104 valence electrons. The van der Waals surface area contributed by atoms with Crippen LogP contribution in [0.15, 0.2) is 27.7 Å². The fourth-order valence-corrected chi connectivity index (χ4v) is 3.90. The van der Waals surface area contributed by atoms with Gasteiger partial charge >= 0.3 is 0 Å². The van der Waals surface area contributed by atoms with Crippen LogP contribution in [-0.2, 0) is 0 Å². The molecule has 1 aromatic carbocycles. The summed E-state index contributed by atoms with van der Waals surface area (Å²) in [5.74, 6) is 0.454. The smallest absolute Gasteiger partial charge is 0.161 e. The number of anilines is 1. The lowest BCUT2D eigenvalue weighted by atomic mass is 9.99. The second-order valence-corrected chi connectivity index (χ2v) is 6.71. The molecule has 5 heteroatoms. The Morgan fingerprint density at radius 1 is 1.47 bits per heavy atom. The Morgan fingerprint density at radius 3 is 2.89 bits per heavy atom. The number of halogens is 2. The van der Waals surface area contributed by atoms with Gasteiger partial charge in [0, 0.05) is 9.72 Å². The predicted molar refractivity (Wildman–Crippen MR) is 85.5 cm³/mol. The number of aliphatic imine (C=N–C) groups is 1. The Morgan fingerprint density at radius 2 is 2.21 bits per heavy atom. The molecular weight excluding hydrogens is 327 g/mol. The van der Waals surface area contributed by atoms with Crippen molar-refractivity contribution in [2.45, 2.75) is 31.9 Å². The third kappa shape index (κ3) is 3.72. The Kier molecular flexibility index (Phi) is 5.28. The Labute approximate surface area is 126 Å². The lowest BCUT2D eigenvalue weighted by molar-refractivity contribution is 0.479. The number of thioether (sulfide) groups is 1. The quantitative estimate of drug-likeness (QED) is 0.839. The third-order valence-electron chi connectivity index (χ3n) is 3.42. The molecule has 1 unspecified atom stereocenters. The molecule has 0 aromatic heterocycles. The van der Waals surface area contributed by atoms with Gasteiger partial charge in [-0.05, 0) is 40.0 Å². The Hall–Kier alpha value is -0.550. The van der Waals surface area contributed by atoms with Gasteiger partial charge in [-0.15, -0.1) is 0 Å². The molecule has 1 aromatic rings. The first-order chi connectivity index (χ1) is 9.13. The highest BCUT2D eigenvalue weighted by atomic mass is 79.9. The predicted octanol–water partition coefficient (Wildman–Crippen LogP) is 4.91. The van der Waals surface area contributed by atoms with Crippen molar-refractivity contribution >= 4 is 38.5 Å². The lowest BCUT2D eigenvalue weighted by Crippen LogP contribution is -2.17. The van der Waals surface area contributed by atoms with Gasteiger partial charge < -0.3 is 5.32 Å². The minimum atomic E-state index is -0.245. The molecule has 0 spiro atoms. The van der Waals surface area contributed by atoms with Gasteiger partial charge in [0.15, 0.2) is 5.17 Å². The SMILES string of the molecule is CCC(CC)C1CN=C(Nc2cc(F)ccc2Br)S1. The van der Waals surface area contributed by atoms with Crippen LogP contribution in [0.4, 0.5) is 10.1 Å². The molecular formula is C14H18BrFN2S. The molecule has 1 heterocycles. The Balaban J connectivity index is 2.00. The zero-order valence-electron chi connectivity index (χ0n) is 11.1. The largest absolute Gasteiger partial charge is 0.334 e. The molecule has 1 N–H and O–H groups in total. The molecule has 0 bridgehead atoms. The molecule has 0 amide bonds. The van der Waals surface area contributed by atoms with E-state index in [9.17, 15) is 4.39 Å². The highest BCUT2D eigenvalue weighted by Gasteiger charge is 2.26. The lowest BCUT2D eigenvalue weighted by Gasteiger charge is -2.18. The number of benzene rings is 1. The van der Waals surface area contributed by atoms with E-state index in [0.717, 1.165) is 21.9 Å². The van der Waals surface area contributed by atoms with Crippen molar-refractivity contribution in [3.8, 4) is 0 Å². The van der Waals surface area contributed by atoms with E-state index < -0.39 is 0 Å². The first-order valence-electron chi connectivity index (χ1n) is 6.57. The molecule has 0 saturated carbocycles. The monoisotopic (exact) mass is 344 g/mol. The van der Waals surface area contributed by atoms with E-state index in [1.54, 1.807) is 17.8 Å². The van der Waals surface area contributed by atoms with E-state index in [2.05, 4.69) is 40.1 Å². The fourth-order valence-electron chi connectivity index (χ4n) is 2.23. The van der Waals surface area contributed by atoms with Gasteiger partial charge in [-0.3, -0.25) is 4.99 Å². The van der Waals surface area contributed by atoms with Crippen LogP contribution in [0.25, 0.3) is 0 Å². The molecule has 1 aliphatic heterocycles. The van der Waals surface area contributed by atoms with Crippen LogP contribution in [0, 0.1) is 11.7 Å². The maximum atomic E-state index is 13.2. The molecule has 1 atom stereocenters. The average Bonchev–Trinajstić information content (AvgIpc) is 2.84. The van der Waals surface area contributed by atoms with Crippen molar-refractivity contribution in [2.75, 3.05) is 11.9 Å². The van der Waals surface area contributed by atoms with Crippen LogP contribution in [0.1, 0.15) is 26.7 Å². The summed E-state index contributed by atoms with van der Waals surface area (Å²) in [5, 5.41) is 4.65. The summed E-state index contributed by atoms with van der Waals surface area (Å²) < 4.78 is 14.1. The van der Waals surface area contributed by atoms with Crippen molar-refractivity contribution in [2.24, 2.45) is 10.9 Å². The molecule has 0 saturated heterocycles. The van der Waals surface area contributed by atoms with Gasteiger partial charge in [0.25, 0.3) is 0 Å². The van der Waals surface area contributed by atoms with Gasteiger partial charge in [0.2, 0.25) is 0 Å². The molecule has 0 radical (unpaired) electrons. The second-order valence-electron chi connectivity index (χ2n) is 4.63. The number of hydrogen-bond acceptors (Lipinski definition) is 3. The molecule has 1 aliphatic rings. The minimum absolute atomic E-state index is 0.245. The molecule has 2 nitrogen and oxygen atoms in total. The van der Waals surface area contributed by atoms with Crippen LogP contribution < -0.4 is 5.32 Å². The number of nitrogens with zero attached hydrogens (tertiary/aromatic N) is 1. The molecule has 0 aliphatic carbocycles. The van der Waals surface area contributed by atoms with Crippen molar-refractivity contribution in [3.63, 3.8) is 0 Å². The van der Waals surface area contributed by atoms with Crippen molar-refractivity contribution in [1.82, 2.24) is 0 Å². The van der Waals surface area contributed by atoms with Gasteiger partial charge in [0.05, 0.1) is 12.2 Å². The van der Waals surface area contributed by atoms with Crippen molar-refractivity contribution in [3.05, 3.63) is 28.5 Å². The van der Waals surface area contributed by atoms with E-state index in [1.165, 1.54) is 25.0 Å². The van der Waals surface area contributed by atoms with Crippen LogP contribution in [0.5, 0.6) is 0 Å². The maximum absolute atomic E-state index is 13.2. The molecule has 0 fully saturated rings. The van der Waals surface area contributed by atoms with Gasteiger partial charge in [-0.2, -0.15) is 0 Å². The molecule has 19 heavy (non-hydrogen) atoms. The van der Waals surface area contributed by atoms with E-state index in [1.807, 2.05) is 0 Å². The van der Waals surface area contributed by atoms with Gasteiger partial charge in [0.1, 0.15) is 5.82 Å². The van der Waals surface area contributed by atoms with Crippen LogP contribution >= 0.6 is 27.7 Å². The first kappa shape index (κ1) is 14.9. The van der Waals surface area contributed by atoms with Crippen LogP contribution in [0.2, 0.25) is 0 Å². The first-order valence-corrected chi connectivity index (χ1v) is 8.24. The van der Waals surface area contributed by atoms with E-state index >= 15 is 0 Å². The van der Waals surface area contributed by atoms with Crippen LogP contribution in [-0.4, -0.2) is 17.0 Å². The maximum Gasteiger partial charge on any atom is 0.161 e. The second kappa shape index (κ2) is 6.75. The highest BCUT2D eigenvalue weighted by Crippen LogP contribution is 2.33. The number of hydrogen-bond donors (Lipinski definition) is 1. The van der Waals surface area contributed by atoms with Crippen molar-refractivity contribution in [1.29, 1.82) is 0 Å². The number of amidine groups is 1. The zero-order chi connectivity index (χ0) is 13.8. The Bertz CT molecular complexity index is 475. The summed E-state index contributed by atoms with van der Waals surface area (Å²) in [4.78, 5) is 4.53. The normalized spacial score (nSPS) is 18.8. The van der Waals surface area contributed by atoms with E-state index in [4.69, 9.17) is 0 Å². The average molecular weight is 345 g/mol. The van der Waals surface area contributed by atoms with Crippen LogP contribution in [0.3, 0.4) is 0 Å². The summed E-state index contributed by atoms with van der Waals surface area (Å²) in [5.41, 5.74) is 0.733. The fraction of sp³-hybridized carbons (Fsp3) is 0.500. The van der Waals surface area contributed by atoms with Gasteiger partial charge in [-0.1, -0.05) is 38.5 Å². The summed E-state index contributed by atoms with van der Waals surface area (Å²) >= 11 is 5.19. The summed E-state index contributed by atoms with van der Waals surface area (Å²) in [6.45, 7) is 5.30. The number of nitrogens with one attached hydrogen (secondary N) is 1. The van der Waals surface area contributed by atoms with E-state index in [-0.39, 0.29) is 5.82 Å². The topological polar surface area (TPSA) is 24.4 Å². The van der Waals surface area contributed by atoms with Crippen molar-refractivity contribution < 1.29 is 4.39 Å². The number of rotatable bonds is 4. The third-order valence-corrected chi connectivity index (χ3v) is 5.41. The summed E-state index contributed by atoms with van der Waals surface area (Å²) in [6, 6.07) is 4.62. The van der Waals surface area contributed by atoms with Gasteiger partial charge in [-0.25, -0.2) is 4.39 Å². The highest BCUT2D eigenvalue weighted by molar-refractivity contribution is 9.10. The minimum Gasteiger partial charge on any atom is -0.334 e. The molecule has 2 rings (SSSR count). The zero-order valence-corrected chi connectivity index (χ0v) is 13.5. The summed E-state index contributed by atoms with van der Waals surface area (Å²) in [7, 11) is 0.